The van der Waals surface area contributed by atoms with Crippen molar-refractivity contribution in [3.63, 3.8) is 0 Å². The van der Waals surface area contributed by atoms with E-state index >= 15 is 0 Å². The van der Waals surface area contributed by atoms with E-state index in [1.165, 1.54) is 6.07 Å². The summed E-state index contributed by atoms with van der Waals surface area (Å²) in [6.07, 6.45) is -3.23. The van der Waals surface area contributed by atoms with E-state index in [0.717, 1.165) is 23.5 Å². The van der Waals surface area contributed by atoms with Crippen LogP contribution in [0, 0.1) is 13.8 Å². The molecule has 2 aromatic rings. The molecule has 0 radical (unpaired) electrons. The number of hydrogen-bond acceptors (Lipinski definition) is 3. The lowest BCUT2D eigenvalue weighted by molar-refractivity contribution is -0.137. The number of carbonyl (C=O) groups is 2. The third kappa shape index (κ3) is 5.40. The zero-order valence-electron chi connectivity index (χ0n) is 17.0. The van der Waals surface area contributed by atoms with Crippen LogP contribution in [-0.4, -0.2) is 39.6 Å². The summed E-state index contributed by atoms with van der Waals surface area (Å²) in [5.41, 5.74) is 1.32. The molecule has 1 saturated heterocycles. The van der Waals surface area contributed by atoms with E-state index in [-0.39, 0.29) is 24.8 Å². The van der Waals surface area contributed by atoms with Crippen LogP contribution in [-0.2, 0) is 22.3 Å². The summed E-state index contributed by atoms with van der Waals surface area (Å²) in [6.45, 7) is 4.80. The maximum absolute atomic E-state index is 13.1. The second-order valence-electron chi connectivity index (χ2n) is 7.59. The molecule has 1 fully saturated rings. The van der Waals surface area contributed by atoms with E-state index in [0.29, 0.717) is 31.5 Å². The highest BCUT2D eigenvalue weighted by Gasteiger charge is 2.32. The Kier molecular flexibility index (Phi) is 6.48. The van der Waals surface area contributed by atoms with E-state index in [1.807, 2.05) is 19.9 Å². The minimum atomic E-state index is -4.48. The molecular formula is C21H25F3N4O2. The number of nitrogens with one attached hydrogen (secondary N) is 1. The number of nitrogens with zero attached hydrogens (tertiary/aromatic N) is 3. The predicted octanol–water partition coefficient (Wildman–Crippen LogP) is 3.39. The summed E-state index contributed by atoms with van der Waals surface area (Å²) in [5.74, 6) is -0.361. The second kappa shape index (κ2) is 8.89. The van der Waals surface area contributed by atoms with Crippen LogP contribution < -0.4 is 5.32 Å². The topological polar surface area (TPSA) is 67.2 Å². The molecule has 2 amide bonds. The average Bonchev–Trinajstić information content (AvgIpc) is 3.23. The van der Waals surface area contributed by atoms with E-state index in [1.54, 1.807) is 15.6 Å². The van der Waals surface area contributed by atoms with Gasteiger partial charge in [-0.1, -0.05) is 12.1 Å². The summed E-state index contributed by atoms with van der Waals surface area (Å²) >= 11 is 0. The fraction of sp³-hybridized carbons (Fsp3) is 0.476. The van der Waals surface area contributed by atoms with Gasteiger partial charge in [0.05, 0.1) is 17.3 Å². The molecule has 6 nitrogen and oxygen atoms in total. The van der Waals surface area contributed by atoms with Crippen LogP contribution in [0.25, 0.3) is 0 Å². The highest BCUT2D eigenvalue weighted by Crippen LogP contribution is 2.31. The third-order valence-electron chi connectivity index (χ3n) is 5.18. The van der Waals surface area contributed by atoms with Gasteiger partial charge < -0.3 is 10.2 Å². The molecule has 1 atom stereocenters. The van der Waals surface area contributed by atoms with Crippen molar-refractivity contribution >= 4 is 11.8 Å². The Morgan fingerprint density at radius 3 is 2.63 bits per heavy atom. The van der Waals surface area contributed by atoms with Crippen molar-refractivity contribution in [2.45, 2.75) is 51.9 Å². The van der Waals surface area contributed by atoms with Gasteiger partial charge in [-0.15, -0.1) is 0 Å². The van der Waals surface area contributed by atoms with Crippen molar-refractivity contribution in [2.24, 2.45) is 0 Å². The molecule has 9 heteroatoms. The Morgan fingerprint density at radius 2 is 2.03 bits per heavy atom. The van der Waals surface area contributed by atoms with Gasteiger partial charge in [0.2, 0.25) is 11.8 Å². The lowest BCUT2D eigenvalue weighted by Crippen LogP contribution is -2.39. The van der Waals surface area contributed by atoms with E-state index in [4.69, 9.17) is 0 Å². The van der Waals surface area contributed by atoms with Gasteiger partial charge in [0.15, 0.2) is 0 Å². The maximum Gasteiger partial charge on any atom is 0.416 e. The second-order valence-corrected chi connectivity index (χ2v) is 7.59. The quantitative estimate of drug-likeness (QED) is 0.744. The largest absolute Gasteiger partial charge is 0.416 e. The first-order valence-electron chi connectivity index (χ1n) is 9.89. The number of rotatable bonds is 7. The molecule has 1 aromatic heterocycles. The number of benzene rings is 1. The van der Waals surface area contributed by atoms with Crippen LogP contribution in [0.4, 0.5) is 13.2 Å². The van der Waals surface area contributed by atoms with Gasteiger partial charge in [0, 0.05) is 38.2 Å². The normalized spacial score (nSPS) is 15.5. The van der Waals surface area contributed by atoms with Crippen LogP contribution in [0.5, 0.6) is 0 Å². The van der Waals surface area contributed by atoms with Crippen LogP contribution in [0.1, 0.15) is 47.8 Å². The van der Waals surface area contributed by atoms with Crippen LogP contribution in [0.2, 0.25) is 0 Å². The van der Waals surface area contributed by atoms with Gasteiger partial charge in [-0.3, -0.25) is 14.3 Å². The maximum atomic E-state index is 13.1. The lowest BCUT2D eigenvalue weighted by atomic mass is 10.0. The number of aromatic nitrogens is 2. The molecule has 3 rings (SSSR count). The molecule has 162 valence electrons. The van der Waals surface area contributed by atoms with Crippen LogP contribution in [0.3, 0.4) is 0 Å². The first-order chi connectivity index (χ1) is 14.1. The first kappa shape index (κ1) is 21.9. The molecule has 1 unspecified atom stereocenters. The van der Waals surface area contributed by atoms with Gasteiger partial charge >= 0.3 is 6.18 Å². The van der Waals surface area contributed by atoms with Gasteiger partial charge in [0.25, 0.3) is 0 Å². The van der Waals surface area contributed by atoms with Crippen molar-refractivity contribution in [1.82, 2.24) is 20.0 Å². The van der Waals surface area contributed by atoms with Crippen LogP contribution >= 0.6 is 0 Å². The number of carbonyl (C=O) groups excluding carboxylic acids is 2. The van der Waals surface area contributed by atoms with Crippen molar-refractivity contribution in [2.75, 3.05) is 13.1 Å². The number of halogens is 3. The summed E-state index contributed by atoms with van der Waals surface area (Å²) in [6, 6.07) is 6.07. The molecule has 1 aliphatic heterocycles. The molecule has 0 saturated carbocycles. The smallest absolute Gasteiger partial charge is 0.347 e. The number of alkyl halides is 3. The molecule has 0 spiro atoms. The minimum absolute atomic E-state index is 0.0520. The fourth-order valence-corrected chi connectivity index (χ4v) is 3.66. The van der Waals surface area contributed by atoms with Gasteiger partial charge in [0.1, 0.15) is 0 Å². The standard InChI is InChI=1S/C21H25F3N4O2/c1-14-11-15(2)28(26-14)10-8-19(29)25-18(13-27-9-4-7-20(27)30)16-5-3-6-17(12-16)21(22,23)24/h3,5-6,11-12,18H,4,7-10,13H2,1-2H3,(H,25,29). The van der Waals surface area contributed by atoms with Crippen molar-refractivity contribution in [3.8, 4) is 0 Å². The Balaban J connectivity index is 1.74. The SMILES string of the molecule is Cc1cc(C)n(CCC(=O)NC(CN2CCCC2=O)c2cccc(C(F)(F)F)c2)n1. The van der Waals surface area contributed by atoms with E-state index in [2.05, 4.69) is 10.4 Å². The van der Waals surface area contributed by atoms with Gasteiger partial charge in [-0.2, -0.15) is 18.3 Å². The lowest BCUT2D eigenvalue weighted by Gasteiger charge is -2.26. The summed E-state index contributed by atoms with van der Waals surface area (Å²) in [7, 11) is 0. The van der Waals surface area contributed by atoms with Crippen molar-refractivity contribution < 1.29 is 22.8 Å². The molecule has 0 aliphatic carbocycles. The highest BCUT2D eigenvalue weighted by molar-refractivity contribution is 5.79. The Labute approximate surface area is 173 Å². The Bertz CT molecular complexity index is 923. The van der Waals surface area contributed by atoms with Gasteiger partial charge in [-0.25, -0.2) is 0 Å². The molecule has 2 heterocycles. The molecule has 1 N–H and O–H groups in total. The molecule has 30 heavy (non-hydrogen) atoms. The minimum Gasteiger partial charge on any atom is -0.347 e. The predicted molar refractivity (Wildman–Crippen MR) is 104 cm³/mol. The first-order valence-corrected chi connectivity index (χ1v) is 9.89. The zero-order chi connectivity index (χ0) is 21.9. The molecule has 0 bridgehead atoms. The van der Waals surface area contributed by atoms with E-state index < -0.39 is 17.8 Å². The fourth-order valence-electron chi connectivity index (χ4n) is 3.66. The number of aryl methyl sites for hydroxylation is 3. The molecule has 1 aromatic carbocycles. The summed E-state index contributed by atoms with van der Waals surface area (Å²) in [4.78, 5) is 26.2. The third-order valence-corrected chi connectivity index (χ3v) is 5.18. The Hall–Kier alpha value is -2.84. The van der Waals surface area contributed by atoms with Crippen molar-refractivity contribution in [1.29, 1.82) is 0 Å². The van der Waals surface area contributed by atoms with E-state index in [9.17, 15) is 22.8 Å². The number of amides is 2. The van der Waals surface area contributed by atoms with Crippen molar-refractivity contribution in [3.05, 3.63) is 52.8 Å². The molecule has 1 aliphatic rings. The molecular weight excluding hydrogens is 397 g/mol. The average molecular weight is 422 g/mol. The van der Waals surface area contributed by atoms with Crippen LogP contribution in [0.15, 0.2) is 30.3 Å². The zero-order valence-corrected chi connectivity index (χ0v) is 17.0. The number of likely N-dealkylation sites (tertiary alicyclic amines) is 1. The summed E-state index contributed by atoms with van der Waals surface area (Å²) in [5, 5.41) is 7.12. The monoisotopic (exact) mass is 422 g/mol. The van der Waals surface area contributed by atoms with Gasteiger partial charge in [-0.05, 0) is 44.0 Å². The highest BCUT2D eigenvalue weighted by atomic mass is 19.4. The Morgan fingerprint density at radius 1 is 1.27 bits per heavy atom. The summed E-state index contributed by atoms with van der Waals surface area (Å²) < 4.78 is 41.2. The number of hydrogen-bond donors (Lipinski definition) is 1.